The third-order valence-electron chi connectivity index (χ3n) is 2.19. The van der Waals surface area contributed by atoms with Crippen molar-refractivity contribution < 1.29 is 4.74 Å². The van der Waals surface area contributed by atoms with E-state index in [0.717, 1.165) is 11.3 Å². The Kier molecular flexibility index (Phi) is 4.16. The molecule has 2 aromatic carbocycles. The van der Waals surface area contributed by atoms with Gasteiger partial charge in [-0.05, 0) is 29.8 Å². The molecule has 0 aliphatic carbocycles. The van der Waals surface area contributed by atoms with E-state index in [1.54, 1.807) is 12.1 Å². The predicted molar refractivity (Wildman–Crippen MR) is 72.2 cm³/mol. The molecule has 0 bridgehead atoms. The van der Waals surface area contributed by atoms with Gasteiger partial charge >= 0.3 is 0 Å². The van der Waals surface area contributed by atoms with Gasteiger partial charge in [-0.2, -0.15) is 0 Å². The van der Waals surface area contributed by atoms with Crippen molar-refractivity contribution in [1.29, 1.82) is 0 Å². The van der Waals surface area contributed by atoms with E-state index in [2.05, 4.69) is 0 Å². The third-order valence-corrected chi connectivity index (χ3v) is 3.39. The van der Waals surface area contributed by atoms with Gasteiger partial charge in [-0.25, -0.2) is 0 Å². The van der Waals surface area contributed by atoms with Crippen molar-refractivity contribution in [3.8, 4) is 5.75 Å². The Balaban J connectivity index is 2.10. The normalized spacial score (nSPS) is 10.3. The van der Waals surface area contributed by atoms with E-state index < -0.39 is 0 Å². The lowest BCUT2D eigenvalue weighted by Crippen LogP contribution is -1.95. The number of hydrogen-bond acceptors (Lipinski definition) is 1. The molecule has 2 rings (SSSR count). The van der Waals surface area contributed by atoms with E-state index in [0.29, 0.717) is 21.7 Å². The Labute approximate surface area is 115 Å². The Hall–Kier alpha value is -0.890. The SMILES string of the molecule is Clc1cc(COc2ccccc2)cc(Cl)c1Cl. The molecule has 0 aliphatic rings. The second-order valence-electron chi connectivity index (χ2n) is 3.48. The molecule has 2 aromatic rings. The fraction of sp³-hybridized carbons (Fsp3) is 0.0769. The van der Waals surface area contributed by atoms with E-state index in [9.17, 15) is 0 Å². The maximum atomic E-state index is 5.93. The van der Waals surface area contributed by atoms with E-state index in [-0.39, 0.29) is 0 Å². The van der Waals surface area contributed by atoms with Crippen LogP contribution in [-0.4, -0.2) is 0 Å². The van der Waals surface area contributed by atoms with Gasteiger partial charge in [-0.15, -0.1) is 0 Å². The molecule has 0 radical (unpaired) electrons. The zero-order chi connectivity index (χ0) is 12.3. The minimum atomic E-state index is 0.372. The van der Waals surface area contributed by atoms with Gasteiger partial charge in [0.1, 0.15) is 12.4 Å². The van der Waals surface area contributed by atoms with E-state index in [1.165, 1.54) is 0 Å². The summed E-state index contributed by atoms with van der Waals surface area (Å²) >= 11 is 17.7. The first kappa shape index (κ1) is 12.6. The minimum Gasteiger partial charge on any atom is -0.489 e. The molecule has 0 saturated carbocycles. The number of rotatable bonds is 3. The standard InChI is InChI=1S/C13H9Cl3O/c14-11-6-9(7-12(15)13(11)16)8-17-10-4-2-1-3-5-10/h1-7H,8H2. The van der Waals surface area contributed by atoms with Crippen molar-refractivity contribution in [2.45, 2.75) is 6.61 Å². The highest BCUT2D eigenvalue weighted by atomic mass is 35.5. The smallest absolute Gasteiger partial charge is 0.119 e. The number of halogens is 3. The molecular formula is C13H9Cl3O. The van der Waals surface area contributed by atoms with Gasteiger partial charge in [0.25, 0.3) is 0 Å². The molecule has 0 N–H and O–H groups in total. The van der Waals surface area contributed by atoms with Crippen LogP contribution < -0.4 is 4.74 Å². The highest BCUT2D eigenvalue weighted by Crippen LogP contribution is 2.31. The number of para-hydroxylation sites is 1. The largest absolute Gasteiger partial charge is 0.489 e. The molecule has 0 amide bonds. The highest BCUT2D eigenvalue weighted by Gasteiger charge is 2.06. The molecule has 0 fully saturated rings. The van der Waals surface area contributed by atoms with Crippen LogP contribution in [0.2, 0.25) is 15.1 Å². The molecular weight excluding hydrogens is 279 g/mol. The monoisotopic (exact) mass is 286 g/mol. The van der Waals surface area contributed by atoms with Gasteiger partial charge in [0, 0.05) is 0 Å². The van der Waals surface area contributed by atoms with Crippen LogP contribution in [-0.2, 0) is 6.61 Å². The summed E-state index contributed by atoms with van der Waals surface area (Å²) < 4.78 is 5.58. The Bertz CT molecular complexity index is 488. The maximum Gasteiger partial charge on any atom is 0.119 e. The van der Waals surface area contributed by atoms with Crippen LogP contribution >= 0.6 is 34.8 Å². The van der Waals surface area contributed by atoms with Crippen LogP contribution in [0.5, 0.6) is 5.75 Å². The molecule has 17 heavy (non-hydrogen) atoms. The van der Waals surface area contributed by atoms with Crippen molar-refractivity contribution >= 4 is 34.8 Å². The molecule has 0 unspecified atom stereocenters. The second kappa shape index (κ2) is 5.63. The average molecular weight is 288 g/mol. The summed E-state index contributed by atoms with van der Waals surface area (Å²) in [6.07, 6.45) is 0. The van der Waals surface area contributed by atoms with Crippen molar-refractivity contribution in [3.63, 3.8) is 0 Å². The summed E-state index contributed by atoms with van der Waals surface area (Å²) in [6, 6.07) is 13.0. The Morgan fingerprint density at radius 3 is 2.06 bits per heavy atom. The summed E-state index contributed by atoms with van der Waals surface area (Å²) in [7, 11) is 0. The van der Waals surface area contributed by atoms with E-state index in [4.69, 9.17) is 39.5 Å². The summed E-state index contributed by atoms with van der Waals surface area (Å²) in [5.41, 5.74) is 0.883. The van der Waals surface area contributed by atoms with Crippen molar-refractivity contribution in [1.82, 2.24) is 0 Å². The molecule has 0 atom stereocenters. The molecule has 1 nitrogen and oxygen atoms in total. The van der Waals surface area contributed by atoms with Crippen LogP contribution in [0, 0.1) is 0 Å². The molecule has 4 heteroatoms. The summed E-state index contributed by atoms with van der Waals surface area (Å²) in [6.45, 7) is 0.403. The minimum absolute atomic E-state index is 0.372. The van der Waals surface area contributed by atoms with Crippen LogP contribution in [0.1, 0.15) is 5.56 Å². The van der Waals surface area contributed by atoms with E-state index >= 15 is 0 Å². The van der Waals surface area contributed by atoms with Crippen molar-refractivity contribution in [2.75, 3.05) is 0 Å². The summed E-state index contributed by atoms with van der Waals surface area (Å²) in [5, 5.41) is 1.24. The molecule has 0 aromatic heterocycles. The molecule has 0 heterocycles. The number of ether oxygens (including phenoxy) is 1. The van der Waals surface area contributed by atoms with Crippen LogP contribution in [0.3, 0.4) is 0 Å². The van der Waals surface area contributed by atoms with E-state index in [1.807, 2.05) is 30.3 Å². The predicted octanol–water partition coefficient (Wildman–Crippen LogP) is 5.23. The van der Waals surface area contributed by atoms with Gasteiger partial charge in [0.2, 0.25) is 0 Å². The van der Waals surface area contributed by atoms with Gasteiger partial charge in [-0.1, -0.05) is 53.0 Å². The number of hydrogen-bond donors (Lipinski definition) is 0. The zero-order valence-corrected chi connectivity index (χ0v) is 11.1. The van der Waals surface area contributed by atoms with Crippen LogP contribution in [0.25, 0.3) is 0 Å². The quantitative estimate of drug-likeness (QED) is 0.703. The lowest BCUT2D eigenvalue weighted by molar-refractivity contribution is 0.306. The third kappa shape index (κ3) is 3.29. The fourth-order valence-electron chi connectivity index (χ4n) is 1.37. The highest BCUT2D eigenvalue weighted by molar-refractivity contribution is 6.48. The second-order valence-corrected chi connectivity index (χ2v) is 4.67. The lowest BCUT2D eigenvalue weighted by Gasteiger charge is -2.08. The summed E-state index contributed by atoms with van der Waals surface area (Å²) in [5.74, 6) is 0.801. The maximum absolute atomic E-state index is 5.93. The van der Waals surface area contributed by atoms with Gasteiger partial charge in [0.15, 0.2) is 0 Å². The van der Waals surface area contributed by atoms with Crippen molar-refractivity contribution in [3.05, 3.63) is 63.1 Å². The summed E-state index contributed by atoms with van der Waals surface area (Å²) in [4.78, 5) is 0. The number of benzene rings is 2. The van der Waals surface area contributed by atoms with Crippen LogP contribution in [0.4, 0.5) is 0 Å². The van der Waals surface area contributed by atoms with Crippen LogP contribution in [0.15, 0.2) is 42.5 Å². The average Bonchev–Trinajstić information content (AvgIpc) is 2.34. The van der Waals surface area contributed by atoms with Gasteiger partial charge in [0.05, 0.1) is 15.1 Å². The zero-order valence-electron chi connectivity index (χ0n) is 8.79. The van der Waals surface area contributed by atoms with Gasteiger partial charge in [-0.3, -0.25) is 0 Å². The molecule has 88 valence electrons. The fourth-order valence-corrected chi connectivity index (χ4v) is 2.02. The molecule has 0 aliphatic heterocycles. The molecule has 0 spiro atoms. The first-order valence-corrected chi connectivity index (χ1v) is 6.11. The van der Waals surface area contributed by atoms with Crippen molar-refractivity contribution in [2.24, 2.45) is 0 Å². The topological polar surface area (TPSA) is 9.23 Å². The first-order valence-electron chi connectivity index (χ1n) is 4.98. The van der Waals surface area contributed by atoms with Gasteiger partial charge < -0.3 is 4.74 Å². The lowest BCUT2D eigenvalue weighted by atomic mass is 10.2. The molecule has 0 saturated heterocycles. The Morgan fingerprint density at radius 2 is 1.47 bits per heavy atom. The first-order chi connectivity index (χ1) is 8.16. The Morgan fingerprint density at radius 1 is 0.882 bits per heavy atom.